The number of hydrogen-bond acceptors (Lipinski definition) is 7. The van der Waals surface area contributed by atoms with E-state index in [2.05, 4.69) is 5.32 Å². The molecule has 0 spiro atoms. The van der Waals surface area contributed by atoms with Crippen molar-refractivity contribution in [3.63, 3.8) is 0 Å². The second-order valence-electron chi connectivity index (χ2n) is 5.33. The van der Waals surface area contributed by atoms with Crippen LogP contribution in [0.15, 0.2) is 42.5 Å². The van der Waals surface area contributed by atoms with E-state index >= 15 is 0 Å². The van der Waals surface area contributed by atoms with Gasteiger partial charge in [-0.3, -0.25) is 10.1 Å². The van der Waals surface area contributed by atoms with Crippen LogP contribution < -0.4 is 10.1 Å². The Morgan fingerprint density at radius 3 is 2.50 bits per heavy atom. The average molecular weight is 360 g/mol. The van der Waals surface area contributed by atoms with Gasteiger partial charge in [-0.15, -0.1) is 0 Å². The van der Waals surface area contributed by atoms with Gasteiger partial charge in [0.2, 0.25) is 0 Å². The zero-order chi connectivity index (χ0) is 18.9. The Morgan fingerprint density at radius 2 is 1.88 bits per heavy atom. The van der Waals surface area contributed by atoms with Crippen LogP contribution in [0.25, 0.3) is 0 Å². The van der Waals surface area contributed by atoms with Crippen molar-refractivity contribution in [2.45, 2.75) is 6.61 Å². The molecule has 0 bridgehead atoms. The van der Waals surface area contributed by atoms with Crippen molar-refractivity contribution in [3.05, 3.63) is 63.7 Å². The van der Waals surface area contributed by atoms with Gasteiger partial charge in [0, 0.05) is 31.5 Å². The van der Waals surface area contributed by atoms with Crippen LogP contribution in [0.3, 0.4) is 0 Å². The molecule has 0 aliphatic rings. The van der Waals surface area contributed by atoms with Crippen LogP contribution >= 0.6 is 0 Å². The molecule has 1 N–H and O–H groups in total. The Bertz CT molecular complexity index is 761. The molecule has 2 aromatic rings. The van der Waals surface area contributed by atoms with Gasteiger partial charge >= 0.3 is 5.97 Å². The molecule has 0 unspecified atom stereocenters. The van der Waals surface area contributed by atoms with Crippen molar-refractivity contribution in [1.82, 2.24) is 0 Å². The molecule has 0 aliphatic carbocycles. The van der Waals surface area contributed by atoms with Crippen LogP contribution in [0.5, 0.6) is 5.75 Å². The van der Waals surface area contributed by atoms with Gasteiger partial charge < -0.3 is 19.5 Å². The molecule has 8 nitrogen and oxygen atoms in total. The van der Waals surface area contributed by atoms with E-state index in [-0.39, 0.29) is 17.9 Å². The maximum atomic E-state index is 12.4. The fourth-order valence-electron chi connectivity index (χ4n) is 2.20. The van der Waals surface area contributed by atoms with E-state index in [1.165, 1.54) is 18.2 Å². The first-order valence-corrected chi connectivity index (χ1v) is 7.86. The lowest BCUT2D eigenvalue weighted by Gasteiger charge is -2.12. The molecule has 0 saturated heterocycles. The minimum Gasteiger partial charge on any atom is -0.497 e. The molecule has 8 heteroatoms. The second-order valence-corrected chi connectivity index (χ2v) is 5.33. The first kappa shape index (κ1) is 19.2. The van der Waals surface area contributed by atoms with E-state index in [0.29, 0.717) is 24.6 Å². The van der Waals surface area contributed by atoms with Gasteiger partial charge in [0.1, 0.15) is 12.4 Å². The molecular weight excluding hydrogens is 340 g/mol. The Morgan fingerprint density at radius 1 is 1.15 bits per heavy atom. The van der Waals surface area contributed by atoms with E-state index < -0.39 is 10.9 Å². The SMILES string of the molecule is COCCNc1ccc([N+](=O)[O-])cc1C(=O)OCc1ccc(OC)cc1. The number of hydrogen-bond donors (Lipinski definition) is 1. The van der Waals surface area contributed by atoms with Crippen molar-refractivity contribution in [2.75, 3.05) is 32.7 Å². The van der Waals surface area contributed by atoms with Gasteiger partial charge in [0.25, 0.3) is 5.69 Å². The number of carbonyl (C=O) groups excluding carboxylic acids is 1. The fraction of sp³-hybridized carbons (Fsp3) is 0.278. The summed E-state index contributed by atoms with van der Waals surface area (Å²) in [5, 5.41) is 14.0. The number of benzene rings is 2. The van der Waals surface area contributed by atoms with E-state index in [9.17, 15) is 14.9 Å². The highest BCUT2D eigenvalue weighted by atomic mass is 16.6. The molecule has 2 aromatic carbocycles. The van der Waals surface area contributed by atoms with Crippen molar-refractivity contribution in [3.8, 4) is 5.75 Å². The lowest BCUT2D eigenvalue weighted by Crippen LogP contribution is -2.13. The Kier molecular flexibility index (Phi) is 6.92. The molecule has 0 heterocycles. The average Bonchev–Trinajstić information content (AvgIpc) is 2.66. The number of non-ortho nitro benzene ring substituents is 1. The Labute approximate surface area is 150 Å². The summed E-state index contributed by atoms with van der Waals surface area (Å²) in [5.74, 6) is 0.0489. The van der Waals surface area contributed by atoms with Crippen LogP contribution in [0.4, 0.5) is 11.4 Å². The minimum absolute atomic E-state index is 0.0447. The summed E-state index contributed by atoms with van der Waals surface area (Å²) in [6, 6.07) is 11.1. The topological polar surface area (TPSA) is 99.9 Å². The normalized spacial score (nSPS) is 10.2. The number of esters is 1. The molecule has 0 radical (unpaired) electrons. The quantitative estimate of drug-likeness (QED) is 0.317. The number of anilines is 1. The lowest BCUT2D eigenvalue weighted by molar-refractivity contribution is -0.384. The number of nitrogens with zero attached hydrogens (tertiary/aromatic N) is 1. The Balaban J connectivity index is 2.12. The predicted molar refractivity (Wildman–Crippen MR) is 95.6 cm³/mol. The summed E-state index contributed by atoms with van der Waals surface area (Å²) in [7, 11) is 3.12. The number of methoxy groups -OCH3 is 2. The first-order chi connectivity index (χ1) is 12.5. The van der Waals surface area contributed by atoms with Gasteiger partial charge in [-0.25, -0.2) is 4.79 Å². The molecule has 2 rings (SSSR count). The summed E-state index contributed by atoms with van der Waals surface area (Å²) in [4.78, 5) is 22.9. The number of carbonyl (C=O) groups is 1. The Hall–Kier alpha value is -3.13. The predicted octanol–water partition coefficient (Wildman–Crippen LogP) is 3.02. The standard InChI is InChI=1S/C18H20N2O6/c1-24-10-9-19-17-8-5-14(20(22)23)11-16(17)18(21)26-12-13-3-6-15(25-2)7-4-13/h3-8,11,19H,9-10,12H2,1-2H3. The highest BCUT2D eigenvalue weighted by molar-refractivity contribution is 5.96. The smallest absolute Gasteiger partial charge is 0.340 e. The molecule has 26 heavy (non-hydrogen) atoms. The van der Waals surface area contributed by atoms with E-state index in [0.717, 1.165) is 5.56 Å². The third-order valence-corrected chi connectivity index (χ3v) is 3.58. The lowest BCUT2D eigenvalue weighted by atomic mass is 10.1. The van der Waals surface area contributed by atoms with Crippen LogP contribution in [-0.2, 0) is 16.1 Å². The van der Waals surface area contributed by atoms with Crippen LogP contribution in [0.1, 0.15) is 15.9 Å². The molecule has 0 aliphatic heterocycles. The maximum Gasteiger partial charge on any atom is 0.340 e. The maximum absolute atomic E-state index is 12.4. The molecule has 0 aromatic heterocycles. The molecular formula is C18H20N2O6. The summed E-state index contributed by atoms with van der Waals surface area (Å²) in [6.07, 6.45) is 0. The van der Waals surface area contributed by atoms with Crippen molar-refractivity contribution in [2.24, 2.45) is 0 Å². The van der Waals surface area contributed by atoms with E-state index in [1.807, 2.05) is 0 Å². The molecule has 138 valence electrons. The van der Waals surface area contributed by atoms with Gasteiger partial charge in [0.05, 0.1) is 24.2 Å². The van der Waals surface area contributed by atoms with Crippen molar-refractivity contribution in [1.29, 1.82) is 0 Å². The third kappa shape index (κ3) is 5.18. The molecule has 0 saturated carbocycles. The van der Waals surface area contributed by atoms with Gasteiger partial charge in [-0.05, 0) is 23.8 Å². The number of nitro benzene ring substituents is 1. The first-order valence-electron chi connectivity index (χ1n) is 7.86. The summed E-state index contributed by atoms with van der Waals surface area (Å²) >= 11 is 0. The van der Waals surface area contributed by atoms with E-state index in [1.54, 1.807) is 38.5 Å². The van der Waals surface area contributed by atoms with Crippen molar-refractivity contribution < 1.29 is 23.9 Å². The summed E-state index contributed by atoms with van der Waals surface area (Å²) in [6.45, 7) is 0.924. The third-order valence-electron chi connectivity index (χ3n) is 3.58. The molecule has 0 amide bonds. The number of nitrogens with one attached hydrogen (secondary N) is 1. The van der Waals surface area contributed by atoms with Crippen molar-refractivity contribution >= 4 is 17.3 Å². The molecule has 0 fully saturated rings. The monoisotopic (exact) mass is 360 g/mol. The number of ether oxygens (including phenoxy) is 3. The zero-order valence-electron chi connectivity index (χ0n) is 14.6. The number of rotatable bonds is 9. The molecule has 0 atom stereocenters. The van der Waals surface area contributed by atoms with E-state index in [4.69, 9.17) is 14.2 Å². The fourth-order valence-corrected chi connectivity index (χ4v) is 2.20. The number of nitro groups is 1. The zero-order valence-corrected chi connectivity index (χ0v) is 14.6. The summed E-state index contributed by atoms with van der Waals surface area (Å²) in [5.41, 5.74) is 1.15. The van der Waals surface area contributed by atoms with Gasteiger partial charge in [-0.1, -0.05) is 12.1 Å². The highest BCUT2D eigenvalue weighted by Gasteiger charge is 2.18. The minimum atomic E-state index is -0.649. The summed E-state index contributed by atoms with van der Waals surface area (Å²) < 4.78 is 15.3. The van der Waals surface area contributed by atoms with Crippen LogP contribution in [-0.4, -0.2) is 38.3 Å². The van der Waals surface area contributed by atoms with Gasteiger partial charge in [-0.2, -0.15) is 0 Å². The van der Waals surface area contributed by atoms with Gasteiger partial charge in [0.15, 0.2) is 0 Å². The second kappa shape index (κ2) is 9.38. The highest BCUT2D eigenvalue weighted by Crippen LogP contribution is 2.23. The van der Waals surface area contributed by atoms with Crippen LogP contribution in [0, 0.1) is 10.1 Å². The van der Waals surface area contributed by atoms with Crippen LogP contribution in [0.2, 0.25) is 0 Å². The largest absolute Gasteiger partial charge is 0.497 e.